The van der Waals surface area contributed by atoms with Gasteiger partial charge in [0.2, 0.25) is 5.91 Å². The molecule has 8 nitrogen and oxygen atoms in total. The Morgan fingerprint density at radius 3 is 2.06 bits per heavy atom. The maximum atomic E-state index is 12.9. The fourth-order valence-electron chi connectivity index (χ4n) is 5.68. The summed E-state index contributed by atoms with van der Waals surface area (Å²) in [6.07, 6.45) is -0.0209. The van der Waals surface area contributed by atoms with Crippen molar-refractivity contribution in [3.8, 4) is 0 Å². The molecule has 2 fully saturated rings. The van der Waals surface area contributed by atoms with Crippen LogP contribution in [-0.4, -0.2) is 65.6 Å². The summed E-state index contributed by atoms with van der Waals surface area (Å²) in [5.41, 5.74) is -0.0481. The lowest BCUT2D eigenvalue weighted by Crippen LogP contribution is -2.46. The molecule has 0 bridgehead atoms. The molecule has 5 rings (SSSR count). The number of rotatable bonds is 8. The van der Waals surface area contributed by atoms with Gasteiger partial charge in [0, 0.05) is 42.3 Å². The highest BCUT2D eigenvalue weighted by molar-refractivity contribution is 6.68. The molecule has 0 spiro atoms. The van der Waals surface area contributed by atoms with E-state index in [2.05, 4.69) is 20.9 Å². The Kier molecular flexibility index (Phi) is 12.8. The predicted octanol–water partition coefficient (Wildman–Crippen LogP) is 6.09. The van der Waals surface area contributed by atoms with Crippen molar-refractivity contribution in [2.45, 2.75) is 56.4 Å². The first-order chi connectivity index (χ1) is 22.4. The zero-order valence-electron chi connectivity index (χ0n) is 25.4. The monoisotopic (exact) mass is 690 g/mol. The van der Waals surface area contributed by atoms with Crippen LogP contribution < -0.4 is 16.0 Å². The van der Waals surface area contributed by atoms with Gasteiger partial charge in [0.1, 0.15) is 0 Å². The third-order valence-electron chi connectivity index (χ3n) is 8.12. The fourth-order valence-corrected chi connectivity index (χ4v) is 6.11. The highest BCUT2D eigenvalue weighted by Crippen LogP contribution is 2.30. The topological polar surface area (TPSA) is 108 Å². The average Bonchev–Trinajstić information content (AvgIpc) is 3.52. The zero-order chi connectivity index (χ0) is 34.0. The Hall–Kier alpha value is -3.93. The zero-order valence-corrected chi connectivity index (χ0v) is 26.9. The lowest BCUT2D eigenvalue weighted by molar-refractivity contribution is -0.137. The van der Waals surface area contributed by atoms with E-state index in [-0.39, 0.29) is 36.0 Å². The van der Waals surface area contributed by atoms with Crippen molar-refractivity contribution < 1.29 is 32.3 Å². The van der Waals surface area contributed by atoms with E-state index in [1.54, 1.807) is 36.4 Å². The van der Waals surface area contributed by atoms with E-state index >= 15 is 0 Å². The molecule has 13 heteroatoms. The molecule has 47 heavy (non-hydrogen) atoms. The van der Waals surface area contributed by atoms with Gasteiger partial charge in [-0.15, -0.1) is 0 Å². The maximum absolute atomic E-state index is 12.9. The molecule has 0 aromatic heterocycles. The minimum absolute atomic E-state index is 0.0477. The SMILES string of the molecule is O=C(CNC(=O)c1cccc(C(F)(F)F)c1)N[C@@H]1CCN(C2CCC(NC(=O)c3ccccc3)CC2)C1.O=C(Cl)c1ccccc1Cl. The standard InChI is InChI=1S/C27H31F3N4O3.C7H4Cl2O/c28-27(29,30)20-8-4-7-19(15-20)25(36)31-16-24(35)32-22-13-14-34(17-22)23-11-9-21(10-12-23)33-26(37)18-5-2-1-3-6-18;8-6-4-2-1-3-5(6)7(9)10/h1-8,15,21-23H,9-14,16-17H2,(H,31,36)(H,32,35)(H,33,37);1-4H/t21?,22-,23?;/m1./s1. The first kappa shape index (κ1) is 35.9. The number of nitrogens with one attached hydrogen (secondary N) is 3. The Morgan fingerprint density at radius 2 is 1.43 bits per heavy atom. The molecule has 250 valence electrons. The molecule has 3 aromatic carbocycles. The molecule has 1 heterocycles. The van der Waals surface area contributed by atoms with Gasteiger partial charge in [-0.2, -0.15) is 13.2 Å². The molecule has 3 N–H and O–H groups in total. The van der Waals surface area contributed by atoms with Crippen LogP contribution in [0.2, 0.25) is 5.02 Å². The van der Waals surface area contributed by atoms with Crippen LogP contribution in [0.3, 0.4) is 0 Å². The lowest BCUT2D eigenvalue weighted by atomic mass is 9.90. The number of amides is 3. The van der Waals surface area contributed by atoms with E-state index in [0.717, 1.165) is 56.8 Å². The largest absolute Gasteiger partial charge is 0.416 e. The summed E-state index contributed by atoms with van der Waals surface area (Å²) in [5, 5.41) is 8.29. The van der Waals surface area contributed by atoms with Gasteiger partial charge in [-0.3, -0.25) is 24.1 Å². The van der Waals surface area contributed by atoms with E-state index in [1.807, 2.05) is 18.2 Å². The average molecular weight is 692 g/mol. The van der Waals surface area contributed by atoms with Gasteiger partial charge in [-0.05, 0) is 86.2 Å². The normalized spacial score (nSPS) is 19.6. The van der Waals surface area contributed by atoms with Gasteiger partial charge in [-0.1, -0.05) is 48.0 Å². The van der Waals surface area contributed by atoms with Crippen LogP contribution in [0.1, 0.15) is 68.7 Å². The summed E-state index contributed by atoms with van der Waals surface area (Å²) in [4.78, 5) is 49.9. The van der Waals surface area contributed by atoms with Crippen molar-refractivity contribution in [3.05, 3.63) is 106 Å². The molecule has 1 aliphatic heterocycles. The van der Waals surface area contributed by atoms with Crippen molar-refractivity contribution in [1.82, 2.24) is 20.9 Å². The Bertz CT molecular complexity index is 1550. The van der Waals surface area contributed by atoms with Crippen LogP contribution in [-0.2, 0) is 11.0 Å². The highest BCUT2D eigenvalue weighted by atomic mass is 35.5. The Labute approximate surface area is 281 Å². The molecule has 3 aromatic rings. The first-order valence-electron chi connectivity index (χ1n) is 15.2. The second kappa shape index (κ2) is 16.8. The van der Waals surface area contributed by atoms with Crippen LogP contribution in [0.15, 0.2) is 78.9 Å². The maximum Gasteiger partial charge on any atom is 0.416 e. The van der Waals surface area contributed by atoms with E-state index in [1.165, 1.54) is 6.07 Å². The van der Waals surface area contributed by atoms with Gasteiger partial charge < -0.3 is 16.0 Å². The number of nitrogens with zero attached hydrogens (tertiary/aromatic N) is 1. The number of carbonyl (C=O) groups excluding carboxylic acids is 4. The molecule has 0 radical (unpaired) electrons. The van der Waals surface area contributed by atoms with Crippen LogP contribution in [0.5, 0.6) is 0 Å². The van der Waals surface area contributed by atoms with Crippen LogP contribution in [0.4, 0.5) is 13.2 Å². The van der Waals surface area contributed by atoms with E-state index in [4.69, 9.17) is 23.2 Å². The second-order valence-electron chi connectivity index (χ2n) is 11.4. The fraction of sp³-hybridized carbons (Fsp3) is 0.353. The molecule has 1 atom stereocenters. The third-order valence-corrected chi connectivity index (χ3v) is 8.65. The molecular formula is C34H35Cl2F3N4O4. The van der Waals surface area contributed by atoms with Crippen LogP contribution in [0, 0.1) is 0 Å². The molecule has 3 amide bonds. The number of hydrogen-bond acceptors (Lipinski definition) is 5. The second-order valence-corrected chi connectivity index (χ2v) is 12.2. The van der Waals surface area contributed by atoms with E-state index in [0.29, 0.717) is 28.7 Å². The molecule has 2 aliphatic rings. The summed E-state index contributed by atoms with van der Waals surface area (Å²) >= 11 is 10.8. The molecule has 1 saturated heterocycles. The minimum atomic E-state index is -4.54. The number of hydrogen-bond donors (Lipinski definition) is 3. The van der Waals surface area contributed by atoms with Crippen molar-refractivity contribution in [3.63, 3.8) is 0 Å². The number of likely N-dealkylation sites (tertiary alicyclic amines) is 1. The third kappa shape index (κ3) is 10.8. The molecule has 0 unspecified atom stereocenters. The molecular weight excluding hydrogens is 656 g/mol. The molecule has 1 aliphatic carbocycles. The summed E-state index contributed by atoms with van der Waals surface area (Å²) in [5.74, 6) is -1.15. The van der Waals surface area contributed by atoms with Crippen LogP contribution >= 0.6 is 23.2 Å². The van der Waals surface area contributed by atoms with Gasteiger partial charge in [0.15, 0.2) is 0 Å². The van der Waals surface area contributed by atoms with Gasteiger partial charge in [0.25, 0.3) is 17.1 Å². The quantitative estimate of drug-likeness (QED) is 0.248. The predicted molar refractivity (Wildman–Crippen MR) is 173 cm³/mol. The van der Waals surface area contributed by atoms with Crippen molar-refractivity contribution in [2.24, 2.45) is 0 Å². The Morgan fingerprint density at radius 1 is 0.766 bits per heavy atom. The van der Waals surface area contributed by atoms with Gasteiger partial charge >= 0.3 is 6.18 Å². The smallest absolute Gasteiger partial charge is 0.350 e. The summed E-state index contributed by atoms with van der Waals surface area (Å²) in [6.45, 7) is 1.25. The van der Waals surface area contributed by atoms with Crippen molar-refractivity contribution >= 4 is 46.2 Å². The Balaban J connectivity index is 0.000000427. The number of alkyl halides is 3. The number of carbonyl (C=O) groups is 4. The van der Waals surface area contributed by atoms with Crippen molar-refractivity contribution in [1.29, 1.82) is 0 Å². The number of halogens is 5. The first-order valence-corrected chi connectivity index (χ1v) is 16.0. The van der Waals surface area contributed by atoms with Crippen molar-refractivity contribution in [2.75, 3.05) is 19.6 Å². The summed E-state index contributed by atoms with van der Waals surface area (Å²) in [6, 6.07) is 20.4. The number of benzene rings is 3. The van der Waals surface area contributed by atoms with E-state index in [9.17, 15) is 32.3 Å². The highest BCUT2D eigenvalue weighted by Gasteiger charge is 2.33. The minimum Gasteiger partial charge on any atom is -0.350 e. The van der Waals surface area contributed by atoms with E-state index < -0.39 is 22.9 Å². The summed E-state index contributed by atoms with van der Waals surface area (Å²) in [7, 11) is 0. The molecule has 1 saturated carbocycles. The lowest BCUT2D eigenvalue weighted by Gasteiger charge is -2.35. The van der Waals surface area contributed by atoms with Gasteiger partial charge in [-0.25, -0.2) is 0 Å². The summed E-state index contributed by atoms with van der Waals surface area (Å²) < 4.78 is 38.6. The van der Waals surface area contributed by atoms with Crippen LogP contribution in [0.25, 0.3) is 0 Å². The van der Waals surface area contributed by atoms with Gasteiger partial charge in [0.05, 0.1) is 22.7 Å².